The number of fused-ring (bicyclic) bond motifs is 2. The highest BCUT2D eigenvalue weighted by Crippen LogP contribution is 2.48. The van der Waals surface area contributed by atoms with E-state index in [0.29, 0.717) is 39.6 Å². The van der Waals surface area contributed by atoms with Gasteiger partial charge in [-0.2, -0.15) is 0 Å². The number of nitrogens with zero attached hydrogens (tertiary/aromatic N) is 1. The fraction of sp³-hybridized carbons (Fsp3) is 0.545. The first-order chi connectivity index (χ1) is 13.5. The summed E-state index contributed by atoms with van der Waals surface area (Å²) in [7, 11) is 0. The highest BCUT2D eigenvalue weighted by Gasteiger charge is 2.47. The number of hydrogen-bond acceptors (Lipinski definition) is 4. The molecular formula is C22H23Cl2NO3. The van der Waals surface area contributed by atoms with Crippen molar-refractivity contribution in [1.82, 2.24) is 5.16 Å². The van der Waals surface area contributed by atoms with Gasteiger partial charge in [0.2, 0.25) is 0 Å². The van der Waals surface area contributed by atoms with Crippen molar-refractivity contribution in [1.29, 1.82) is 0 Å². The Labute approximate surface area is 174 Å². The number of carbonyl (C=O) groups excluding carboxylic acids is 1. The van der Waals surface area contributed by atoms with Gasteiger partial charge in [-0.1, -0.05) is 34.4 Å². The lowest BCUT2D eigenvalue weighted by Gasteiger charge is -2.37. The lowest BCUT2D eigenvalue weighted by molar-refractivity contribution is -0.138. The van der Waals surface area contributed by atoms with Crippen molar-refractivity contribution in [2.45, 2.75) is 63.6 Å². The van der Waals surface area contributed by atoms with Gasteiger partial charge in [-0.05, 0) is 57.6 Å². The summed E-state index contributed by atoms with van der Waals surface area (Å²) >= 11 is 12.9. The van der Waals surface area contributed by atoms with Gasteiger partial charge in [0.1, 0.15) is 17.2 Å². The molecule has 1 aromatic carbocycles. The summed E-state index contributed by atoms with van der Waals surface area (Å²) < 4.78 is 12.2. The van der Waals surface area contributed by atoms with Gasteiger partial charge in [0, 0.05) is 28.9 Å². The Bertz CT molecular complexity index is 898. The van der Waals surface area contributed by atoms with Gasteiger partial charge < -0.3 is 9.26 Å². The van der Waals surface area contributed by atoms with Gasteiger partial charge in [0.25, 0.3) is 0 Å². The lowest BCUT2D eigenvalue weighted by atomic mass is 9.77. The van der Waals surface area contributed by atoms with Crippen LogP contribution < -0.4 is 0 Å². The SMILES string of the molecule is CC1(OCc2c(-c3c(Cl)cccc3Cl)noc2C2CC2)CC2CC[C@@H](C1)C2=O. The Kier molecular flexibility index (Phi) is 4.57. The molecule has 0 spiro atoms. The molecule has 1 aromatic heterocycles. The molecule has 148 valence electrons. The van der Waals surface area contributed by atoms with Crippen LogP contribution in [0.3, 0.4) is 0 Å². The highest BCUT2D eigenvalue weighted by molar-refractivity contribution is 6.39. The molecule has 3 aliphatic rings. The van der Waals surface area contributed by atoms with Gasteiger partial charge in [0.15, 0.2) is 0 Å². The Morgan fingerprint density at radius 2 is 1.71 bits per heavy atom. The summed E-state index contributed by atoms with van der Waals surface area (Å²) in [4.78, 5) is 12.3. The summed E-state index contributed by atoms with van der Waals surface area (Å²) in [5.74, 6) is 2.05. The van der Waals surface area contributed by atoms with Gasteiger partial charge in [-0.25, -0.2) is 0 Å². The van der Waals surface area contributed by atoms with Crippen molar-refractivity contribution >= 4 is 29.0 Å². The van der Waals surface area contributed by atoms with E-state index in [4.69, 9.17) is 32.5 Å². The molecule has 0 radical (unpaired) electrons. The lowest BCUT2D eigenvalue weighted by Crippen LogP contribution is -2.40. The Balaban J connectivity index is 1.45. The molecule has 3 atom stereocenters. The molecule has 2 bridgehead atoms. The third-order valence-corrected chi connectivity index (χ3v) is 7.19. The van der Waals surface area contributed by atoms with E-state index >= 15 is 0 Å². The fourth-order valence-corrected chi connectivity index (χ4v) is 5.54. The molecule has 0 amide bonds. The van der Waals surface area contributed by atoms with Crippen LogP contribution >= 0.6 is 23.2 Å². The standard InChI is InChI=1S/C22H23Cl2NO3/c1-22(9-13-7-8-14(10-22)20(13)26)27-11-15-19(25-28-21(15)12-5-6-12)18-16(23)3-2-4-17(18)24/h2-4,12-14H,5-11H2,1H3/t13-,14?,22?/m0/s1. The number of aromatic nitrogens is 1. The molecule has 6 heteroatoms. The second kappa shape index (κ2) is 6.86. The molecule has 0 aliphatic heterocycles. The third kappa shape index (κ3) is 3.20. The second-order valence-corrected chi connectivity index (χ2v) is 9.58. The molecule has 4 nitrogen and oxygen atoms in total. The van der Waals surface area contributed by atoms with E-state index < -0.39 is 0 Å². The first-order valence-corrected chi connectivity index (χ1v) is 10.8. The minimum atomic E-state index is -0.292. The smallest absolute Gasteiger partial charge is 0.145 e. The Morgan fingerprint density at radius 3 is 2.32 bits per heavy atom. The van der Waals surface area contributed by atoms with Crippen LogP contribution in [0.4, 0.5) is 0 Å². The first-order valence-electron chi connectivity index (χ1n) is 10.1. The van der Waals surface area contributed by atoms with Gasteiger partial charge >= 0.3 is 0 Å². The van der Waals surface area contributed by atoms with Crippen molar-refractivity contribution < 1.29 is 14.1 Å². The van der Waals surface area contributed by atoms with Crippen molar-refractivity contribution in [3.63, 3.8) is 0 Å². The molecule has 0 N–H and O–H groups in total. The van der Waals surface area contributed by atoms with Crippen LogP contribution in [0.1, 0.15) is 62.7 Å². The number of halogens is 2. The monoisotopic (exact) mass is 419 g/mol. The minimum absolute atomic E-state index is 0.159. The maximum atomic E-state index is 12.3. The maximum Gasteiger partial charge on any atom is 0.145 e. The molecule has 1 heterocycles. The van der Waals surface area contributed by atoms with Crippen LogP contribution in [-0.4, -0.2) is 16.5 Å². The first kappa shape index (κ1) is 18.7. The van der Waals surface area contributed by atoms with Crippen LogP contribution in [0.5, 0.6) is 0 Å². The van der Waals surface area contributed by atoms with E-state index in [2.05, 4.69) is 12.1 Å². The van der Waals surface area contributed by atoms with Crippen LogP contribution in [0.15, 0.2) is 22.7 Å². The maximum absolute atomic E-state index is 12.3. The van der Waals surface area contributed by atoms with Crippen LogP contribution in [0.2, 0.25) is 10.0 Å². The van der Waals surface area contributed by atoms with Gasteiger partial charge in [-0.3, -0.25) is 4.79 Å². The van der Waals surface area contributed by atoms with E-state index in [1.165, 1.54) is 0 Å². The van der Waals surface area contributed by atoms with Gasteiger partial charge in [0.05, 0.1) is 22.3 Å². The number of carbonyl (C=O) groups is 1. The topological polar surface area (TPSA) is 52.3 Å². The second-order valence-electron chi connectivity index (χ2n) is 8.77. The zero-order chi connectivity index (χ0) is 19.5. The van der Waals surface area contributed by atoms with Crippen LogP contribution in [0, 0.1) is 11.8 Å². The molecule has 3 saturated carbocycles. The summed E-state index contributed by atoms with van der Waals surface area (Å²) in [6, 6.07) is 5.44. The minimum Gasteiger partial charge on any atom is -0.370 e. The van der Waals surface area contributed by atoms with E-state index in [-0.39, 0.29) is 17.4 Å². The number of hydrogen-bond donors (Lipinski definition) is 0. The largest absolute Gasteiger partial charge is 0.370 e. The van der Waals surface area contributed by atoms with Crippen molar-refractivity contribution in [3.8, 4) is 11.3 Å². The van der Waals surface area contributed by atoms with Crippen LogP contribution in [0.25, 0.3) is 11.3 Å². The molecule has 2 aromatic rings. The Morgan fingerprint density at radius 1 is 1.11 bits per heavy atom. The van der Waals surface area contributed by atoms with Crippen molar-refractivity contribution in [2.75, 3.05) is 0 Å². The number of rotatable bonds is 5. The van der Waals surface area contributed by atoms with E-state index in [0.717, 1.165) is 49.8 Å². The Hall–Kier alpha value is -1.36. The van der Waals surface area contributed by atoms with Crippen LogP contribution in [-0.2, 0) is 16.1 Å². The normalized spacial score (nSPS) is 29.5. The molecule has 0 saturated heterocycles. The summed E-state index contributed by atoms with van der Waals surface area (Å²) in [5.41, 5.74) is 2.03. The number of ether oxygens (including phenoxy) is 1. The molecule has 3 fully saturated rings. The average molecular weight is 420 g/mol. The number of ketones is 1. The molecule has 5 rings (SSSR count). The quantitative estimate of drug-likeness (QED) is 0.579. The number of benzene rings is 1. The predicted molar refractivity (Wildman–Crippen MR) is 108 cm³/mol. The summed E-state index contributed by atoms with van der Waals surface area (Å²) in [6.45, 7) is 2.54. The van der Waals surface area contributed by atoms with Crippen molar-refractivity contribution in [3.05, 3.63) is 39.6 Å². The zero-order valence-corrected chi connectivity index (χ0v) is 17.4. The van der Waals surface area contributed by atoms with E-state index in [1.54, 1.807) is 0 Å². The zero-order valence-electron chi connectivity index (χ0n) is 15.8. The van der Waals surface area contributed by atoms with Crippen molar-refractivity contribution in [2.24, 2.45) is 11.8 Å². The molecule has 28 heavy (non-hydrogen) atoms. The third-order valence-electron chi connectivity index (χ3n) is 6.56. The van der Waals surface area contributed by atoms with E-state index in [1.807, 2.05) is 18.2 Å². The highest BCUT2D eigenvalue weighted by atomic mass is 35.5. The molecular weight excluding hydrogens is 397 g/mol. The summed E-state index contributed by atoms with van der Waals surface area (Å²) in [5, 5.41) is 5.44. The predicted octanol–water partition coefficient (Wildman–Crippen LogP) is 6.19. The summed E-state index contributed by atoms with van der Waals surface area (Å²) in [6.07, 6.45) is 5.82. The van der Waals surface area contributed by atoms with E-state index in [9.17, 15) is 4.79 Å². The van der Waals surface area contributed by atoms with Gasteiger partial charge in [-0.15, -0.1) is 0 Å². The average Bonchev–Trinajstić information content (AvgIpc) is 3.38. The fourth-order valence-electron chi connectivity index (χ4n) is 4.96. The molecule has 2 unspecified atom stereocenters. The number of Topliss-reactive ketones (excluding diaryl/α,β-unsaturated/α-hetero) is 1. The molecule has 3 aliphatic carbocycles.